The minimum absolute atomic E-state index is 0. The molecule has 3 aromatic heterocycles. The topological polar surface area (TPSA) is 38.7 Å². The summed E-state index contributed by atoms with van der Waals surface area (Å²) in [6.45, 7) is 2.20. The Bertz CT molecular complexity index is 596. The highest BCUT2D eigenvalue weighted by molar-refractivity contribution is 7.95. The molecule has 0 aromatic carbocycles. The largest absolute Gasteiger partial charge is 1.00 e. The number of rotatable bonds is 4. The molecule has 0 bridgehead atoms. The van der Waals surface area contributed by atoms with Gasteiger partial charge in [0.15, 0.2) is 23.6 Å². The minimum Gasteiger partial charge on any atom is -1.00 e. The average molecular weight is 421 g/mol. The van der Waals surface area contributed by atoms with Crippen LogP contribution in [0.4, 0.5) is 0 Å². The summed E-state index contributed by atoms with van der Waals surface area (Å²) >= 11 is 0. The van der Waals surface area contributed by atoms with Gasteiger partial charge in [-0.25, -0.2) is 15.0 Å². The van der Waals surface area contributed by atoms with Crippen LogP contribution in [0.5, 0.6) is 0 Å². The van der Waals surface area contributed by atoms with E-state index in [4.69, 9.17) is 0 Å². The predicted octanol–water partition coefficient (Wildman–Crippen LogP) is -0.811. The highest BCUT2D eigenvalue weighted by atomic mass is 127. The first-order chi connectivity index (χ1) is 10.4. The van der Waals surface area contributed by atoms with E-state index < -0.39 is 7.26 Å². The first-order valence-corrected chi connectivity index (χ1v) is 8.98. The highest BCUT2D eigenvalue weighted by Crippen LogP contribution is 2.52. The second-order valence-electron chi connectivity index (χ2n) is 4.69. The zero-order valence-electron chi connectivity index (χ0n) is 12.3. The Balaban J connectivity index is 0.00000176. The van der Waals surface area contributed by atoms with Crippen LogP contribution in [0.2, 0.25) is 0 Å². The van der Waals surface area contributed by atoms with Crippen molar-refractivity contribution in [3.05, 3.63) is 73.2 Å². The Morgan fingerprint density at radius 2 is 1.05 bits per heavy atom. The van der Waals surface area contributed by atoms with Gasteiger partial charge in [0.1, 0.15) is 0 Å². The minimum atomic E-state index is -1.87. The number of nitrogens with zero attached hydrogens (tertiary/aromatic N) is 3. The molecule has 3 nitrogen and oxygen atoms in total. The number of hydrogen-bond donors (Lipinski definition) is 0. The fraction of sp³-hybridized carbons (Fsp3) is 0.118. The average Bonchev–Trinajstić information content (AvgIpc) is 2.59. The first kappa shape index (κ1) is 17.0. The molecule has 112 valence electrons. The van der Waals surface area contributed by atoms with Gasteiger partial charge in [-0.05, 0) is 25.1 Å². The molecule has 3 aromatic rings. The maximum atomic E-state index is 4.64. The van der Waals surface area contributed by atoms with Crippen LogP contribution >= 0.6 is 7.26 Å². The zero-order chi connectivity index (χ0) is 14.5. The van der Waals surface area contributed by atoms with Gasteiger partial charge in [-0.2, -0.15) is 0 Å². The molecule has 0 saturated heterocycles. The maximum absolute atomic E-state index is 4.64. The summed E-state index contributed by atoms with van der Waals surface area (Å²) in [4.78, 5) is 13.9. The Kier molecular flexibility index (Phi) is 5.98. The van der Waals surface area contributed by atoms with Crippen LogP contribution in [0.25, 0.3) is 0 Å². The lowest BCUT2D eigenvalue weighted by atomic mass is 10.5. The van der Waals surface area contributed by atoms with E-state index in [9.17, 15) is 0 Å². The maximum Gasteiger partial charge on any atom is 0.196 e. The van der Waals surface area contributed by atoms with Crippen LogP contribution in [0, 0.1) is 0 Å². The number of aromatic nitrogens is 3. The van der Waals surface area contributed by atoms with Gasteiger partial charge >= 0.3 is 0 Å². The molecule has 22 heavy (non-hydrogen) atoms. The third-order valence-corrected chi connectivity index (χ3v) is 7.68. The van der Waals surface area contributed by atoms with Crippen molar-refractivity contribution in [3.63, 3.8) is 0 Å². The van der Waals surface area contributed by atoms with Crippen molar-refractivity contribution < 1.29 is 24.0 Å². The lowest BCUT2D eigenvalue weighted by Crippen LogP contribution is -3.00. The fourth-order valence-electron chi connectivity index (χ4n) is 2.58. The summed E-state index contributed by atoms with van der Waals surface area (Å²) in [7, 11) is -1.87. The summed E-state index contributed by atoms with van der Waals surface area (Å²) in [5.41, 5.74) is 3.26. The number of pyridine rings is 3. The number of hydrogen-bond acceptors (Lipinski definition) is 3. The predicted molar refractivity (Wildman–Crippen MR) is 89.1 cm³/mol. The van der Waals surface area contributed by atoms with Gasteiger partial charge in [-0.3, -0.25) is 0 Å². The highest BCUT2D eigenvalue weighted by Gasteiger charge is 2.47. The molecular weight excluding hydrogens is 404 g/mol. The van der Waals surface area contributed by atoms with E-state index in [1.807, 2.05) is 55.0 Å². The molecule has 0 N–H and O–H groups in total. The molecule has 0 amide bonds. The van der Waals surface area contributed by atoms with Crippen molar-refractivity contribution in [2.75, 3.05) is 6.16 Å². The van der Waals surface area contributed by atoms with Gasteiger partial charge in [0.25, 0.3) is 0 Å². The summed E-state index contributed by atoms with van der Waals surface area (Å²) < 4.78 is 0. The van der Waals surface area contributed by atoms with Gasteiger partial charge in [0, 0.05) is 36.8 Å². The molecule has 0 spiro atoms. The molecule has 0 radical (unpaired) electrons. The Hall–Kier alpha value is -1.39. The van der Waals surface area contributed by atoms with Gasteiger partial charge < -0.3 is 24.0 Å². The van der Waals surface area contributed by atoms with Crippen LogP contribution < -0.4 is 40.3 Å². The molecule has 0 atom stereocenters. The van der Waals surface area contributed by atoms with Crippen LogP contribution in [0.1, 0.15) is 6.92 Å². The molecule has 0 fully saturated rings. The first-order valence-electron chi connectivity index (χ1n) is 7.01. The molecular formula is C17H17IN3P. The van der Waals surface area contributed by atoms with E-state index >= 15 is 0 Å². The zero-order valence-corrected chi connectivity index (χ0v) is 15.4. The van der Waals surface area contributed by atoms with Crippen molar-refractivity contribution in [1.29, 1.82) is 0 Å². The van der Waals surface area contributed by atoms with Gasteiger partial charge in [0.05, 0.1) is 6.16 Å². The molecule has 0 aliphatic carbocycles. The van der Waals surface area contributed by atoms with Crippen molar-refractivity contribution in [3.8, 4) is 0 Å². The van der Waals surface area contributed by atoms with Crippen molar-refractivity contribution >= 4 is 23.6 Å². The molecule has 0 aliphatic rings. The van der Waals surface area contributed by atoms with E-state index in [0.29, 0.717) is 0 Å². The van der Waals surface area contributed by atoms with Gasteiger partial charge in [-0.1, -0.05) is 18.2 Å². The summed E-state index contributed by atoms with van der Waals surface area (Å²) in [6.07, 6.45) is 6.51. The Morgan fingerprint density at radius 3 is 1.27 bits per heavy atom. The van der Waals surface area contributed by atoms with Crippen molar-refractivity contribution in [2.45, 2.75) is 6.92 Å². The third-order valence-electron chi connectivity index (χ3n) is 3.60. The standard InChI is InChI=1S/C17H17N3P.HI/c1-2-21(15-9-3-6-12-18-15,16-10-4-7-13-19-16)17-11-5-8-14-20-17;/h3-14H,2H2,1H3;1H/q+1;/p-1. The Morgan fingerprint density at radius 1 is 0.682 bits per heavy atom. The SMILES string of the molecule is CC[P+](c1ccccn1)(c1ccccn1)c1ccccn1.[I-]. The monoisotopic (exact) mass is 421 g/mol. The lowest BCUT2D eigenvalue weighted by Gasteiger charge is -2.22. The molecule has 0 aliphatic heterocycles. The Labute approximate surface area is 148 Å². The lowest BCUT2D eigenvalue weighted by molar-refractivity contribution is -0.00000435. The van der Waals surface area contributed by atoms with Crippen LogP contribution in [0.3, 0.4) is 0 Å². The second-order valence-corrected chi connectivity index (χ2v) is 8.32. The van der Waals surface area contributed by atoms with E-state index in [1.54, 1.807) is 0 Å². The smallest absolute Gasteiger partial charge is 0.196 e. The molecule has 5 heteroatoms. The quantitative estimate of drug-likeness (QED) is 0.409. The van der Waals surface area contributed by atoms with Crippen LogP contribution in [0.15, 0.2) is 73.2 Å². The fourth-order valence-corrected chi connectivity index (χ4v) is 6.07. The second kappa shape index (κ2) is 7.75. The third kappa shape index (κ3) is 3.03. The van der Waals surface area contributed by atoms with E-state index in [1.165, 1.54) is 0 Å². The van der Waals surface area contributed by atoms with Crippen molar-refractivity contribution in [2.24, 2.45) is 0 Å². The molecule has 3 heterocycles. The van der Waals surface area contributed by atoms with Crippen LogP contribution in [-0.2, 0) is 0 Å². The van der Waals surface area contributed by atoms with Gasteiger partial charge in [-0.15, -0.1) is 0 Å². The summed E-state index contributed by atoms with van der Waals surface area (Å²) in [5, 5.41) is 0. The summed E-state index contributed by atoms with van der Waals surface area (Å²) in [5.74, 6) is 0. The van der Waals surface area contributed by atoms with E-state index in [-0.39, 0.29) is 24.0 Å². The summed E-state index contributed by atoms with van der Waals surface area (Å²) in [6, 6.07) is 18.3. The van der Waals surface area contributed by atoms with E-state index in [0.717, 1.165) is 22.5 Å². The molecule has 0 saturated carbocycles. The van der Waals surface area contributed by atoms with E-state index in [2.05, 4.69) is 40.1 Å². The van der Waals surface area contributed by atoms with Gasteiger partial charge in [0.2, 0.25) is 0 Å². The molecule has 0 unspecified atom stereocenters. The number of halogens is 1. The van der Waals surface area contributed by atoms with Crippen molar-refractivity contribution in [1.82, 2.24) is 15.0 Å². The molecule has 3 rings (SSSR count). The van der Waals surface area contributed by atoms with Crippen LogP contribution in [-0.4, -0.2) is 21.1 Å². The normalized spacial score (nSPS) is 10.8.